The van der Waals surface area contributed by atoms with Gasteiger partial charge in [-0.05, 0) is 109 Å². The second-order valence-electron chi connectivity index (χ2n) is 26.3. The normalized spacial score (nSPS) is 18.1. The quantitative estimate of drug-likeness (QED) is 0.0195. The molecule has 0 bridgehead atoms. The predicted molar refractivity (Wildman–Crippen MR) is 384 cm³/mol. The Morgan fingerprint density at radius 1 is 0.407 bits per heavy atom. The molecular weight excluding hydrogens is 1130 g/mol. The van der Waals surface area contributed by atoms with Crippen LogP contribution in [0.2, 0.25) is 0 Å². The van der Waals surface area contributed by atoms with Gasteiger partial charge < -0.3 is 45.1 Å². The monoisotopic (exact) mass is 1280 g/mol. The Morgan fingerprint density at radius 3 is 1.15 bits per heavy atom. The van der Waals surface area contributed by atoms with Crippen LogP contribution >= 0.6 is 0 Å². The summed E-state index contributed by atoms with van der Waals surface area (Å²) in [5.41, 5.74) is 0. The third-order valence-electron chi connectivity index (χ3n) is 17.7. The molecule has 1 aliphatic heterocycles. The second kappa shape index (κ2) is 68.2. The van der Waals surface area contributed by atoms with Crippen molar-refractivity contribution in [1.82, 2.24) is 5.32 Å². The summed E-state index contributed by atoms with van der Waals surface area (Å²) in [5, 5.41) is 54.4. The topological polar surface area (TPSA) is 175 Å². The average Bonchev–Trinajstić information content (AvgIpc) is 1.30. The number of allylic oxidation sites excluding steroid dienone is 13. The molecule has 1 heterocycles. The molecule has 6 N–H and O–H groups in total. The van der Waals surface area contributed by atoms with Gasteiger partial charge in [-0.3, -0.25) is 9.59 Å². The van der Waals surface area contributed by atoms with E-state index in [0.29, 0.717) is 19.4 Å². The summed E-state index contributed by atoms with van der Waals surface area (Å²) in [7, 11) is 0. The second-order valence-corrected chi connectivity index (χ2v) is 26.3. The lowest BCUT2D eigenvalue weighted by Gasteiger charge is -2.40. The minimum Gasteiger partial charge on any atom is -0.466 e. The first kappa shape index (κ1) is 85.9. The van der Waals surface area contributed by atoms with Crippen molar-refractivity contribution in [2.24, 2.45) is 0 Å². The molecule has 0 aromatic heterocycles. The van der Waals surface area contributed by atoms with Crippen LogP contribution in [-0.4, -0.2) is 100 Å². The summed E-state index contributed by atoms with van der Waals surface area (Å²) in [6.07, 6.45) is 84.7. The standard InChI is InChI=1S/C80H143NO10/c1-3-5-7-9-11-13-15-17-44-48-52-56-60-64-68-76(85)89-69-65-61-57-53-49-45-42-40-38-36-34-32-30-28-26-24-22-20-18-19-21-23-25-27-29-31-33-35-37-39-41-43-47-51-55-59-63-67-75(84)81-72(71-90-80-79(88)78(87)77(86)74(70-82)91-80)73(83)66-62-58-54-50-46-16-14-12-10-8-6-4-2/h9-12,15,17-18,20,24,26,46,50,62,66,72-74,77-80,82-83,86-88H,3-8,13-14,16,19,21-23,25,27-45,47-49,51-61,63-65,67-71H2,1-2H3,(H,81,84)/b11-9-,12-10+,17-15-,20-18-,26-24-,50-46+,66-62+. The number of amides is 1. The summed E-state index contributed by atoms with van der Waals surface area (Å²) in [5.74, 6) is -0.197. The molecule has 91 heavy (non-hydrogen) atoms. The molecular formula is C80H143NO10. The number of hydrogen-bond acceptors (Lipinski definition) is 10. The Bertz CT molecular complexity index is 1790. The van der Waals surface area contributed by atoms with E-state index in [-0.39, 0.29) is 18.5 Å². The average molecular weight is 1280 g/mol. The summed E-state index contributed by atoms with van der Waals surface area (Å²) in [4.78, 5) is 25.1. The van der Waals surface area contributed by atoms with Gasteiger partial charge in [0.15, 0.2) is 6.29 Å². The minimum absolute atomic E-state index is 0.00285. The maximum atomic E-state index is 13.1. The molecule has 1 aliphatic rings. The van der Waals surface area contributed by atoms with Gasteiger partial charge in [0.1, 0.15) is 24.4 Å². The van der Waals surface area contributed by atoms with Crippen molar-refractivity contribution in [3.63, 3.8) is 0 Å². The van der Waals surface area contributed by atoms with Gasteiger partial charge in [-0.25, -0.2) is 0 Å². The Hall–Kier alpha value is -3.16. The molecule has 1 amide bonds. The third-order valence-corrected chi connectivity index (χ3v) is 17.7. The van der Waals surface area contributed by atoms with Crippen LogP contribution in [0, 0.1) is 0 Å². The van der Waals surface area contributed by atoms with Crippen molar-refractivity contribution in [3.8, 4) is 0 Å². The van der Waals surface area contributed by atoms with Crippen LogP contribution in [0.5, 0.6) is 0 Å². The van der Waals surface area contributed by atoms with Crippen LogP contribution in [0.3, 0.4) is 0 Å². The summed E-state index contributed by atoms with van der Waals surface area (Å²) < 4.78 is 16.7. The molecule has 1 rings (SSSR count). The zero-order chi connectivity index (χ0) is 65.8. The van der Waals surface area contributed by atoms with E-state index in [0.717, 1.165) is 83.5 Å². The summed E-state index contributed by atoms with van der Waals surface area (Å²) in [6.45, 7) is 4.25. The number of nitrogens with one attached hydrogen (secondary N) is 1. The van der Waals surface area contributed by atoms with Crippen LogP contribution in [-0.2, 0) is 23.8 Å². The van der Waals surface area contributed by atoms with E-state index >= 15 is 0 Å². The number of ether oxygens (including phenoxy) is 3. The van der Waals surface area contributed by atoms with Crippen LogP contribution in [0.25, 0.3) is 0 Å². The first-order valence-corrected chi connectivity index (χ1v) is 38.4. The van der Waals surface area contributed by atoms with E-state index in [1.807, 2.05) is 6.08 Å². The number of carbonyl (C=O) groups is 2. The van der Waals surface area contributed by atoms with Crippen molar-refractivity contribution in [3.05, 3.63) is 85.1 Å². The number of aliphatic hydroxyl groups excluding tert-OH is 5. The zero-order valence-corrected chi connectivity index (χ0v) is 58.8. The van der Waals surface area contributed by atoms with E-state index in [1.165, 1.54) is 238 Å². The lowest BCUT2D eigenvalue weighted by Crippen LogP contribution is -2.60. The molecule has 0 spiro atoms. The van der Waals surface area contributed by atoms with E-state index in [9.17, 15) is 35.1 Å². The van der Waals surface area contributed by atoms with E-state index in [1.54, 1.807) is 6.08 Å². The smallest absolute Gasteiger partial charge is 0.305 e. The van der Waals surface area contributed by atoms with Crippen molar-refractivity contribution in [1.29, 1.82) is 0 Å². The van der Waals surface area contributed by atoms with Crippen LogP contribution in [0.1, 0.15) is 348 Å². The molecule has 11 nitrogen and oxygen atoms in total. The molecule has 1 fully saturated rings. The number of carbonyl (C=O) groups excluding carboxylic acids is 2. The fourth-order valence-corrected chi connectivity index (χ4v) is 11.6. The van der Waals surface area contributed by atoms with Gasteiger partial charge in [0.05, 0.1) is 32.0 Å². The Balaban J connectivity index is 1.92. The maximum absolute atomic E-state index is 13.1. The van der Waals surface area contributed by atoms with E-state index in [2.05, 4.69) is 92.1 Å². The lowest BCUT2D eigenvalue weighted by atomic mass is 9.99. The van der Waals surface area contributed by atoms with Gasteiger partial charge in [-0.2, -0.15) is 0 Å². The largest absolute Gasteiger partial charge is 0.466 e. The van der Waals surface area contributed by atoms with Gasteiger partial charge in [0.2, 0.25) is 5.91 Å². The van der Waals surface area contributed by atoms with Gasteiger partial charge in [0.25, 0.3) is 0 Å². The number of unbranched alkanes of at least 4 members (excludes halogenated alkanes) is 41. The maximum Gasteiger partial charge on any atom is 0.305 e. The molecule has 0 radical (unpaired) electrons. The van der Waals surface area contributed by atoms with Crippen molar-refractivity contribution < 1.29 is 49.3 Å². The molecule has 11 heteroatoms. The number of aliphatic hydroxyl groups is 5. The molecule has 7 unspecified atom stereocenters. The highest BCUT2D eigenvalue weighted by Gasteiger charge is 2.44. The Labute approximate surface area is 559 Å². The predicted octanol–water partition coefficient (Wildman–Crippen LogP) is 20.4. The molecule has 1 saturated heterocycles. The third kappa shape index (κ3) is 56.9. The highest BCUT2D eigenvalue weighted by Crippen LogP contribution is 2.23. The zero-order valence-electron chi connectivity index (χ0n) is 58.8. The SMILES string of the molecule is CCCC/C=C\C/C=C\CCCCCCCC(=O)OCCCCCCCCCCCCCCC/C=C\C/C=C\CCCCCCCCCCCCCCCCCCCC(=O)NC(COC1OC(CO)C(O)C(O)C1O)C(O)/C=C/CC/C=C/CC/C=C/CCCC. The van der Waals surface area contributed by atoms with Crippen LogP contribution < -0.4 is 5.32 Å². The Morgan fingerprint density at radius 2 is 0.747 bits per heavy atom. The fraction of sp³-hybridized carbons (Fsp3) is 0.800. The summed E-state index contributed by atoms with van der Waals surface area (Å²) >= 11 is 0. The van der Waals surface area contributed by atoms with Crippen LogP contribution in [0.15, 0.2) is 85.1 Å². The number of hydrogen-bond donors (Lipinski definition) is 6. The molecule has 0 aromatic carbocycles. The van der Waals surface area contributed by atoms with Gasteiger partial charge >= 0.3 is 5.97 Å². The van der Waals surface area contributed by atoms with Crippen molar-refractivity contribution >= 4 is 11.9 Å². The fourth-order valence-electron chi connectivity index (χ4n) is 11.6. The summed E-state index contributed by atoms with van der Waals surface area (Å²) in [6, 6.07) is -0.834. The molecule has 528 valence electrons. The van der Waals surface area contributed by atoms with Gasteiger partial charge in [0, 0.05) is 12.8 Å². The van der Waals surface area contributed by atoms with Gasteiger partial charge in [-0.1, -0.05) is 311 Å². The molecule has 7 atom stereocenters. The van der Waals surface area contributed by atoms with Crippen LogP contribution in [0.4, 0.5) is 0 Å². The molecule has 0 saturated carbocycles. The minimum atomic E-state index is -1.58. The number of esters is 1. The number of rotatable bonds is 67. The molecule has 0 aliphatic carbocycles. The van der Waals surface area contributed by atoms with E-state index < -0.39 is 49.5 Å². The van der Waals surface area contributed by atoms with E-state index in [4.69, 9.17) is 14.2 Å². The van der Waals surface area contributed by atoms with Gasteiger partial charge in [-0.15, -0.1) is 0 Å². The lowest BCUT2D eigenvalue weighted by molar-refractivity contribution is -0.302. The Kier molecular flexibility index (Phi) is 64.4. The first-order chi connectivity index (χ1) is 44.7. The van der Waals surface area contributed by atoms with Crippen molar-refractivity contribution in [2.75, 3.05) is 19.8 Å². The van der Waals surface area contributed by atoms with Crippen molar-refractivity contribution in [2.45, 2.75) is 391 Å². The first-order valence-electron chi connectivity index (χ1n) is 38.4. The highest BCUT2D eigenvalue weighted by atomic mass is 16.7. The molecule has 0 aromatic rings. The highest BCUT2D eigenvalue weighted by molar-refractivity contribution is 5.76.